The summed E-state index contributed by atoms with van der Waals surface area (Å²) >= 11 is 3.45. The summed E-state index contributed by atoms with van der Waals surface area (Å²) in [6.45, 7) is 2.10. The topological polar surface area (TPSA) is 46.2 Å². The molecule has 2 aromatic rings. The Morgan fingerprint density at radius 3 is 2.55 bits per heavy atom. The summed E-state index contributed by atoms with van der Waals surface area (Å²) in [5, 5.41) is 10.5. The molecule has 0 saturated carbocycles. The Morgan fingerprint density at radius 1 is 1.20 bits per heavy atom. The van der Waals surface area contributed by atoms with Crippen LogP contribution in [0.25, 0.3) is 0 Å². The molecule has 0 radical (unpaired) electrons. The molecule has 0 heterocycles. The van der Waals surface area contributed by atoms with Gasteiger partial charge in [-0.2, -0.15) is 0 Å². The normalized spacial score (nSPS) is 14.1. The van der Waals surface area contributed by atoms with E-state index >= 15 is 0 Å². The van der Waals surface area contributed by atoms with Crippen molar-refractivity contribution < 1.29 is 9.50 Å². The second kappa shape index (κ2) is 6.48. The summed E-state index contributed by atoms with van der Waals surface area (Å²) in [7, 11) is 0. The fourth-order valence-electron chi connectivity index (χ4n) is 2.31. The fraction of sp³-hybridized carbons (Fsp3) is 0.250. The molecule has 2 unspecified atom stereocenters. The van der Waals surface area contributed by atoms with Gasteiger partial charge in [-0.25, -0.2) is 4.39 Å². The molecule has 2 rings (SSSR count). The molecule has 0 bridgehead atoms. The lowest BCUT2D eigenvalue weighted by molar-refractivity contribution is 0.143. The Morgan fingerprint density at radius 2 is 1.90 bits per heavy atom. The molecule has 4 heteroatoms. The highest BCUT2D eigenvalue weighted by Crippen LogP contribution is 2.35. The van der Waals surface area contributed by atoms with Crippen molar-refractivity contribution in [3.63, 3.8) is 0 Å². The average Bonchev–Trinajstić information content (AvgIpc) is 2.44. The number of benzene rings is 2. The van der Waals surface area contributed by atoms with Gasteiger partial charge < -0.3 is 10.8 Å². The maximum Gasteiger partial charge on any atom is 0.129 e. The van der Waals surface area contributed by atoms with Crippen LogP contribution in [0.3, 0.4) is 0 Å². The lowest BCUT2D eigenvalue weighted by atomic mass is 9.88. The number of nitrogens with two attached hydrogens (primary N) is 1. The summed E-state index contributed by atoms with van der Waals surface area (Å²) in [4.78, 5) is 0. The zero-order valence-corrected chi connectivity index (χ0v) is 12.8. The van der Waals surface area contributed by atoms with Gasteiger partial charge in [0.25, 0.3) is 0 Å². The van der Waals surface area contributed by atoms with Crippen LogP contribution in [-0.2, 0) is 0 Å². The minimum Gasteiger partial charge on any atom is -0.388 e. The van der Waals surface area contributed by atoms with Crippen LogP contribution in [0.4, 0.5) is 4.39 Å². The lowest BCUT2D eigenvalue weighted by Crippen LogP contribution is -2.21. The number of aryl methyl sites for hydroxylation is 1. The van der Waals surface area contributed by atoms with Crippen LogP contribution in [-0.4, -0.2) is 11.7 Å². The van der Waals surface area contributed by atoms with E-state index in [9.17, 15) is 9.50 Å². The molecule has 0 aliphatic heterocycles. The van der Waals surface area contributed by atoms with Crippen LogP contribution in [0.15, 0.2) is 46.9 Å². The molecular weight excluding hydrogens is 321 g/mol. The van der Waals surface area contributed by atoms with Crippen molar-refractivity contribution in [1.29, 1.82) is 0 Å². The Labute approximate surface area is 126 Å². The monoisotopic (exact) mass is 337 g/mol. The standard InChI is InChI=1S/C16H17BrFNO/c1-10-6-7-15(18)12(8-10)16(20)13(9-19)11-4-2-3-5-14(11)17/h2-8,13,16,20H,9,19H2,1H3. The quantitative estimate of drug-likeness (QED) is 0.893. The number of rotatable bonds is 4. The molecular formula is C16H17BrFNO. The van der Waals surface area contributed by atoms with E-state index in [4.69, 9.17) is 5.73 Å². The first-order valence-corrected chi connectivity index (χ1v) is 7.22. The predicted octanol–water partition coefficient (Wildman–Crippen LogP) is 3.67. The van der Waals surface area contributed by atoms with Gasteiger partial charge in [-0.1, -0.05) is 51.8 Å². The van der Waals surface area contributed by atoms with Crippen LogP contribution in [0.2, 0.25) is 0 Å². The first kappa shape index (κ1) is 15.2. The van der Waals surface area contributed by atoms with Gasteiger partial charge in [0, 0.05) is 22.5 Å². The fourth-order valence-corrected chi connectivity index (χ4v) is 2.89. The molecule has 2 nitrogen and oxygen atoms in total. The largest absolute Gasteiger partial charge is 0.388 e. The summed E-state index contributed by atoms with van der Waals surface area (Å²) in [6, 6.07) is 12.3. The van der Waals surface area contributed by atoms with Gasteiger partial charge in [-0.3, -0.25) is 0 Å². The SMILES string of the molecule is Cc1ccc(F)c(C(O)C(CN)c2ccccc2Br)c1. The molecule has 106 valence electrons. The van der Waals surface area contributed by atoms with E-state index in [1.54, 1.807) is 12.1 Å². The Bertz CT molecular complexity index is 603. The molecule has 0 aliphatic carbocycles. The molecule has 0 aliphatic rings. The van der Waals surface area contributed by atoms with E-state index < -0.39 is 11.9 Å². The summed E-state index contributed by atoms with van der Waals surface area (Å²) in [5.74, 6) is -0.768. The molecule has 0 saturated heterocycles. The minimum atomic E-state index is -0.974. The van der Waals surface area contributed by atoms with Crippen molar-refractivity contribution >= 4 is 15.9 Å². The third-order valence-electron chi connectivity index (χ3n) is 3.41. The van der Waals surface area contributed by atoms with Crippen molar-refractivity contribution in [2.75, 3.05) is 6.54 Å². The number of aliphatic hydroxyl groups excluding tert-OH is 1. The molecule has 2 aromatic carbocycles. The number of halogens is 2. The summed E-state index contributed by atoms with van der Waals surface area (Å²) < 4.78 is 14.8. The third-order valence-corrected chi connectivity index (χ3v) is 4.13. The molecule has 0 spiro atoms. The van der Waals surface area contributed by atoms with E-state index in [1.807, 2.05) is 31.2 Å². The van der Waals surface area contributed by atoms with Gasteiger partial charge in [-0.15, -0.1) is 0 Å². The molecule has 2 atom stereocenters. The Kier molecular flexibility index (Phi) is 4.91. The van der Waals surface area contributed by atoms with Crippen LogP contribution in [0.5, 0.6) is 0 Å². The molecule has 0 aromatic heterocycles. The lowest BCUT2D eigenvalue weighted by Gasteiger charge is -2.24. The third kappa shape index (κ3) is 3.08. The van der Waals surface area contributed by atoms with E-state index in [-0.39, 0.29) is 18.0 Å². The van der Waals surface area contributed by atoms with Crippen molar-refractivity contribution in [3.05, 3.63) is 69.4 Å². The zero-order valence-electron chi connectivity index (χ0n) is 11.2. The summed E-state index contributed by atoms with van der Waals surface area (Å²) in [5.41, 5.74) is 7.87. The average molecular weight is 338 g/mol. The van der Waals surface area contributed by atoms with Gasteiger partial charge >= 0.3 is 0 Å². The van der Waals surface area contributed by atoms with Gasteiger partial charge in [0.2, 0.25) is 0 Å². The van der Waals surface area contributed by atoms with Crippen LogP contribution in [0, 0.1) is 12.7 Å². The smallest absolute Gasteiger partial charge is 0.129 e. The van der Waals surface area contributed by atoms with Crippen molar-refractivity contribution in [2.24, 2.45) is 5.73 Å². The van der Waals surface area contributed by atoms with E-state index in [0.717, 1.165) is 15.6 Å². The predicted molar refractivity (Wildman–Crippen MR) is 82.0 cm³/mol. The Balaban J connectivity index is 2.41. The molecule has 3 N–H and O–H groups in total. The second-order valence-electron chi connectivity index (χ2n) is 4.83. The van der Waals surface area contributed by atoms with Gasteiger partial charge in [-0.05, 0) is 24.6 Å². The van der Waals surface area contributed by atoms with Gasteiger partial charge in [0.05, 0.1) is 6.10 Å². The van der Waals surface area contributed by atoms with Crippen LogP contribution >= 0.6 is 15.9 Å². The molecule has 20 heavy (non-hydrogen) atoms. The first-order valence-electron chi connectivity index (χ1n) is 6.43. The zero-order chi connectivity index (χ0) is 14.7. The molecule has 0 amide bonds. The summed E-state index contributed by atoms with van der Waals surface area (Å²) in [6.07, 6.45) is -0.974. The van der Waals surface area contributed by atoms with E-state index in [0.29, 0.717) is 0 Å². The van der Waals surface area contributed by atoms with Crippen molar-refractivity contribution in [2.45, 2.75) is 18.9 Å². The van der Waals surface area contributed by atoms with Gasteiger partial charge in [0.1, 0.15) is 5.82 Å². The highest BCUT2D eigenvalue weighted by molar-refractivity contribution is 9.10. The number of hydrogen-bond acceptors (Lipinski definition) is 2. The van der Waals surface area contributed by atoms with Gasteiger partial charge in [0.15, 0.2) is 0 Å². The number of hydrogen-bond donors (Lipinski definition) is 2. The minimum absolute atomic E-state index is 0.233. The molecule has 0 fully saturated rings. The van der Waals surface area contributed by atoms with E-state index in [1.165, 1.54) is 6.07 Å². The maximum absolute atomic E-state index is 13.9. The number of aliphatic hydroxyl groups is 1. The highest BCUT2D eigenvalue weighted by atomic mass is 79.9. The van der Waals surface area contributed by atoms with E-state index in [2.05, 4.69) is 15.9 Å². The maximum atomic E-state index is 13.9. The second-order valence-corrected chi connectivity index (χ2v) is 5.69. The van der Waals surface area contributed by atoms with Crippen LogP contribution < -0.4 is 5.73 Å². The van der Waals surface area contributed by atoms with Crippen molar-refractivity contribution in [3.8, 4) is 0 Å². The highest BCUT2D eigenvalue weighted by Gasteiger charge is 2.25. The van der Waals surface area contributed by atoms with Crippen LogP contribution in [0.1, 0.15) is 28.7 Å². The first-order chi connectivity index (χ1) is 9.54. The Hall–Kier alpha value is -1.23. The van der Waals surface area contributed by atoms with Crippen molar-refractivity contribution in [1.82, 2.24) is 0 Å².